The van der Waals surface area contributed by atoms with Crippen LogP contribution in [0, 0.1) is 17.8 Å². The highest BCUT2D eigenvalue weighted by Gasteiger charge is 2.30. The number of anilines is 1. The van der Waals surface area contributed by atoms with Gasteiger partial charge >= 0.3 is 6.01 Å². The Morgan fingerprint density at radius 1 is 1.10 bits per heavy atom. The molecule has 1 aromatic heterocycles. The molecule has 11 nitrogen and oxygen atoms in total. The molecule has 3 saturated heterocycles. The van der Waals surface area contributed by atoms with Gasteiger partial charge in [-0.05, 0) is 88.3 Å². The van der Waals surface area contributed by atoms with Crippen LogP contribution in [-0.2, 0) is 9.59 Å². The van der Waals surface area contributed by atoms with Gasteiger partial charge in [-0.15, -0.1) is 0 Å². The molecule has 0 spiro atoms. The molecular weight excluding hydrogens is 500 g/mol. The summed E-state index contributed by atoms with van der Waals surface area (Å²) < 4.78 is 10.7. The van der Waals surface area contributed by atoms with Gasteiger partial charge in [0.1, 0.15) is 5.75 Å². The molecule has 39 heavy (non-hydrogen) atoms. The molecule has 5 rings (SSSR count). The minimum Gasteiger partial charge on any atom is -0.497 e. The monoisotopic (exact) mass is 542 g/mol. The van der Waals surface area contributed by atoms with Crippen LogP contribution >= 0.6 is 0 Å². The summed E-state index contributed by atoms with van der Waals surface area (Å²) in [7, 11) is 3.88. The SMILES string of the molecule is COc1ccc(-c2noc(N3CCC(C(=O)NC[C@H]4CCN(C[C@H]5CCCN(C)C5)C4)CC3)n2)cc1.O=CO. The van der Waals surface area contributed by atoms with Gasteiger partial charge < -0.3 is 34.4 Å². The number of carbonyl (C=O) groups is 2. The van der Waals surface area contributed by atoms with Crippen molar-refractivity contribution in [3.05, 3.63) is 24.3 Å². The second-order valence-corrected chi connectivity index (χ2v) is 10.9. The van der Waals surface area contributed by atoms with Gasteiger partial charge in [0.2, 0.25) is 11.7 Å². The molecule has 0 aliphatic carbocycles. The lowest BCUT2D eigenvalue weighted by Gasteiger charge is -2.32. The third kappa shape index (κ3) is 8.15. The molecule has 0 bridgehead atoms. The lowest BCUT2D eigenvalue weighted by molar-refractivity contribution is -0.126. The summed E-state index contributed by atoms with van der Waals surface area (Å²) in [5.41, 5.74) is 0.886. The molecule has 11 heteroatoms. The number of ether oxygens (including phenoxy) is 1. The van der Waals surface area contributed by atoms with E-state index in [4.69, 9.17) is 19.2 Å². The number of aromatic nitrogens is 2. The smallest absolute Gasteiger partial charge is 0.324 e. The predicted octanol–water partition coefficient (Wildman–Crippen LogP) is 2.44. The Morgan fingerprint density at radius 2 is 1.85 bits per heavy atom. The summed E-state index contributed by atoms with van der Waals surface area (Å²) in [6.45, 7) is 8.00. The summed E-state index contributed by atoms with van der Waals surface area (Å²) in [4.78, 5) is 33.0. The number of methoxy groups -OCH3 is 1. The van der Waals surface area contributed by atoms with Crippen molar-refractivity contribution in [1.29, 1.82) is 0 Å². The number of piperidine rings is 2. The average molecular weight is 543 g/mol. The quantitative estimate of drug-likeness (QED) is 0.481. The fourth-order valence-corrected chi connectivity index (χ4v) is 5.96. The first kappa shape index (κ1) is 28.8. The minimum absolute atomic E-state index is 0.0560. The molecule has 4 heterocycles. The molecule has 2 atom stereocenters. The Labute approximate surface area is 230 Å². The second kappa shape index (κ2) is 14.3. The highest BCUT2D eigenvalue weighted by atomic mass is 16.5. The fraction of sp³-hybridized carbons (Fsp3) is 0.643. The number of benzene rings is 1. The van der Waals surface area contributed by atoms with Crippen LogP contribution in [0.4, 0.5) is 6.01 Å². The van der Waals surface area contributed by atoms with Crippen LogP contribution in [-0.4, -0.2) is 104 Å². The number of rotatable bonds is 8. The van der Waals surface area contributed by atoms with Crippen LogP contribution in [0.5, 0.6) is 5.75 Å². The molecule has 1 amide bonds. The zero-order valence-corrected chi connectivity index (χ0v) is 23.1. The molecular formula is C28H42N6O5. The van der Waals surface area contributed by atoms with Crippen molar-refractivity contribution in [2.75, 3.05) is 71.4 Å². The maximum absolute atomic E-state index is 12.9. The van der Waals surface area contributed by atoms with E-state index in [9.17, 15) is 4.79 Å². The van der Waals surface area contributed by atoms with Crippen molar-refractivity contribution in [3.63, 3.8) is 0 Å². The summed E-state index contributed by atoms with van der Waals surface area (Å²) in [6.07, 6.45) is 5.47. The van der Waals surface area contributed by atoms with E-state index < -0.39 is 0 Å². The minimum atomic E-state index is -0.250. The van der Waals surface area contributed by atoms with Gasteiger partial charge in [-0.25, -0.2) is 0 Å². The molecule has 214 valence electrons. The predicted molar refractivity (Wildman–Crippen MR) is 148 cm³/mol. The van der Waals surface area contributed by atoms with Gasteiger partial charge in [0.25, 0.3) is 6.47 Å². The van der Waals surface area contributed by atoms with E-state index in [-0.39, 0.29) is 18.3 Å². The van der Waals surface area contributed by atoms with Gasteiger partial charge in [0.05, 0.1) is 7.11 Å². The lowest BCUT2D eigenvalue weighted by atomic mass is 9.96. The highest BCUT2D eigenvalue weighted by molar-refractivity contribution is 5.79. The number of nitrogens with one attached hydrogen (secondary N) is 1. The Balaban J connectivity index is 0.00000112. The second-order valence-electron chi connectivity index (χ2n) is 10.9. The number of hydrogen-bond acceptors (Lipinski definition) is 9. The maximum atomic E-state index is 12.9. The van der Waals surface area contributed by atoms with Gasteiger partial charge in [-0.2, -0.15) is 4.98 Å². The Morgan fingerprint density at radius 3 is 2.54 bits per heavy atom. The van der Waals surface area contributed by atoms with Gasteiger partial charge in [-0.1, -0.05) is 5.16 Å². The lowest BCUT2D eigenvalue weighted by Crippen LogP contribution is -2.42. The van der Waals surface area contributed by atoms with E-state index in [0.29, 0.717) is 17.8 Å². The molecule has 3 aliphatic rings. The highest BCUT2D eigenvalue weighted by Crippen LogP contribution is 2.26. The molecule has 1 aromatic carbocycles. The van der Waals surface area contributed by atoms with E-state index in [1.54, 1.807) is 7.11 Å². The molecule has 2 N–H and O–H groups in total. The van der Waals surface area contributed by atoms with Crippen LogP contribution in [0.3, 0.4) is 0 Å². The number of likely N-dealkylation sites (tertiary alicyclic amines) is 2. The summed E-state index contributed by atoms with van der Waals surface area (Å²) in [5, 5.41) is 14.3. The van der Waals surface area contributed by atoms with E-state index in [0.717, 1.165) is 56.3 Å². The number of hydrogen-bond donors (Lipinski definition) is 2. The first-order chi connectivity index (χ1) is 19.0. The van der Waals surface area contributed by atoms with Crippen LogP contribution in [0.2, 0.25) is 0 Å². The van der Waals surface area contributed by atoms with Gasteiger partial charge in [-0.3, -0.25) is 9.59 Å². The summed E-state index contributed by atoms with van der Waals surface area (Å²) in [5.74, 6) is 2.99. The topological polar surface area (TPSA) is 124 Å². The van der Waals surface area contributed by atoms with Crippen molar-refractivity contribution < 1.29 is 24.0 Å². The molecule has 0 radical (unpaired) electrons. The molecule has 3 fully saturated rings. The Bertz CT molecular complexity index is 1040. The van der Waals surface area contributed by atoms with E-state index >= 15 is 0 Å². The Hall–Kier alpha value is -3.18. The first-order valence-corrected chi connectivity index (χ1v) is 14.0. The summed E-state index contributed by atoms with van der Waals surface area (Å²) in [6, 6.07) is 8.13. The van der Waals surface area contributed by atoms with E-state index in [1.165, 1.54) is 45.4 Å². The van der Waals surface area contributed by atoms with Crippen LogP contribution < -0.4 is 15.0 Å². The average Bonchev–Trinajstić information content (AvgIpc) is 3.63. The standard InChI is InChI=1S/C27H40N6O3.CH2O2/c1-31-12-3-4-21(17-31)19-32-13-9-20(18-32)16-28-26(34)23-10-14-33(15-11-23)27-29-25(30-36-27)22-5-7-24(35-2)8-6-22;2-1-3/h5-8,20-21,23H,3-4,9-19H2,1-2H3,(H,28,34);1H,(H,2,3)/t20-,21+;/m1./s1. The van der Waals surface area contributed by atoms with E-state index in [1.807, 2.05) is 24.3 Å². The Kier molecular flexibility index (Phi) is 10.5. The molecule has 0 saturated carbocycles. The number of carboxylic acid groups (broad SMARTS) is 1. The third-order valence-electron chi connectivity index (χ3n) is 8.07. The fourth-order valence-electron chi connectivity index (χ4n) is 5.96. The first-order valence-electron chi connectivity index (χ1n) is 14.0. The molecule has 2 aromatic rings. The number of carbonyl (C=O) groups excluding carboxylic acids is 1. The van der Waals surface area contributed by atoms with E-state index in [2.05, 4.69) is 37.2 Å². The van der Waals surface area contributed by atoms with Gasteiger partial charge in [0.15, 0.2) is 0 Å². The zero-order valence-electron chi connectivity index (χ0n) is 23.1. The number of nitrogens with zero attached hydrogens (tertiary/aromatic N) is 5. The van der Waals surface area contributed by atoms with Crippen LogP contribution in [0.15, 0.2) is 28.8 Å². The van der Waals surface area contributed by atoms with Crippen molar-refractivity contribution in [1.82, 2.24) is 25.3 Å². The van der Waals surface area contributed by atoms with Gasteiger partial charge in [0, 0.05) is 50.7 Å². The van der Waals surface area contributed by atoms with Crippen molar-refractivity contribution in [2.24, 2.45) is 17.8 Å². The van der Waals surface area contributed by atoms with Crippen molar-refractivity contribution in [3.8, 4) is 17.1 Å². The summed E-state index contributed by atoms with van der Waals surface area (Å²) >= 11 is 0. The number of amides is 1. The largest absolute Gasteiger partial charge is 0.497 e. The molecule has 3 aliphatic heterocycles. The maximum Gasteiger partial charge on any atom is 0.324 e. The normalized spacial score (nSPS) is 22.7. The van der Waals surface area contributed by atoms with Crippen molar-refractivity contribution in [2.45, 2.75) is 32.1 Å². The zero-order chi connectivity index (χ0) is 27.6. The van der Waals surface area contributed by atoms with Crippen LogP contribution in [0.1, 0.15) is 32.1 Å². The molecule has 0 unspecified atom stereocenters. The third-order valence-corrected chi connectivity index (χ3v) is 8.07. The van der Waals surface area contributed by atoms with Crippen molar-refractivity contribution >= 4 is 18.4 Å². The van der Waals surface area contributed by atoms with Crippen LogP contribution in [0.25, 0.3) is 11.4 Å².